The van der Waals surface area contributed by atoms with E-state index < -0.39 is 13.6 Å². The van der Waals surface area contributed by atoms with Crippen LogP contribution in [0.2, 0.25) is 0 Å². The molecular formula is C7H13O6P. The van der Waals surface area contributed by atoms with Gasteiger partial charge in [0.25, 0.3) is 0 Å². The van der Waals surface area contributed by atoms with Crippen LogP contribution in [-0.2, 0) is 18.9 Å². The van der Waals surface area contributed by atoms with E-state index in [0.29, 0.717) is 0 Å². The fraction of sp³-hybridized carbons (Fsp3) is 0.571. The number of aliphatic hydroxyl groups excluding tert-OH is 1. The molecule has 0 saturated carbocycles. The summed E-state index contributed by atoms with van der Waals surface area (Å²) in [5.41, 5.74) is 0.0622. The third-order valence-electron chi connectivity index (χ3n) is 1.18. The van der Waals surface area contributed by atoms with E-state index in [1.807, 2.05) is 0 Å². The Morgan fingerprint density at radius 2 is 2.14 bits per heavy atom. The van der Waals surface area contributed by atoms with Crippen LogP contribution in [0.25, 0.3) is 0 Å². The smallest absolute Gasteiger partial charge is 0.368 e. The number of carbonyl (C=O) groups is 1. The van der Waals surface area contributed by atoms with Crippen LogP contribution >= 0.6 is 7.60 Å². The highest BCUT2D eigenvalue weighted by atomic mass is 31.2. The molecule has 2 N–H and O–H groups in total. The molecule has 0 aromatic heterocycles. The molecule has 0 fully saturated rings. The maximum Gasteiger partial charge on any atom is 0.368 e. The molecule has 0 amide bonds. The van der Waals surface area contributed by atoms with E-state index >= 15 is 0 Å². The summed E-state index contributed by atoms with van der Waals surface area (Å²) < 4.78 is 15.1. The number of hydrogen-bond donors (Lipinski definition) is 2. The summed E-state index contributed by atoms with van der Waals surface area (Å²) in [6.45, 7) is 4.39. The quantitative estimate of drug-likeness (QED) is 0.297. The Hall–Kier alpha value is -0.680. The van der Waals surface area contributed by atoms with Crippen LogP contribution in [0.5, 0.6) is 0 Å². The minimum Gasteiger partial charge on any atom is -0.396 e. The normalized spacial score (nSPS) is 14.5. The first-order valence-corrected chi connectivity index (χ1v) is 5.64. The highest BCUT2D eigenvalue weighted by Crippen LogP contribution is 2.42. The van der Waals surface area contributed by atoms with Crippen molar-refractivity contribution in [3.05, 3.63) is 12.2 Å². The fourth-order valence-electron chi connectivity index (χ4n) is 0.471. The van der Waals surface area contributed by atoms with Gasteiger partial charge in [0.15, 0.2) is 0 Å². The maximum atomic E-state index is 11.0. The van der Waals surface area contributed by atoms with Gasteiger partial charge in [0, 0.05) is 12.2 Å². The lowest BCUT2D eigenvalue weighted by Gasteiger charge is -2.08. The van der Waals surface area contributed by atoms with E-state index in [4.69, 9.17) is 10.00 Å². The van der Waals surface area contributed by atoms with E-state index in [9.17, 15) is 9.36 Å². The van der Waals surface area contributed by atoms with E-state index in [1.54, 1.807) is 0 Å². The summed E-state index contributed by atoms with van der Waals surface area (Å²) in [6, 6.07) is 0. The van der Waals surface area contributed by atoms with Crippen LogP contribution in [-0.4, -0.2) is 28.7 Å². The summed E-state index contributed by atoms with van der Waals surface area (Å²) in [6.07, 6.45) is -0.175. The Morgan fingerprint density at radius 1 is 1.57 bits per heavy atom. The summed E-state index contributed by atoms with van der Waals surface area (Å²) in [7, 11) is -3.95. The minimum absolute atomic E-state index is 0.0622. The van der Waals surface area contributed by atoms with Crippen molar-refractivity contribution in [2.24, 2.45) is 0 Å². The van der Waals surface area contributed by atoms with Gasteiger partial charge in [0.05, 0.1) is 6.16 Å². The molecule has 0 saturated heterocycles. The average Bonchev–Trinajstić information content (AvgIpc) is 2.11. The maximum absolute atomic E-state index is 11.0. The molecule has 0 aliphatic carbocycles. The summed E-state index contributed by atoms with van der Waals surface area (Å²) in [5.74, 6) is -0.900. The van der Waals surface area contributed by atoms with Crippen molar-refractivity contribution in [2.45, 2.75) is 13.3 Å². The molecule has 0 aliphatic rings. The Bertz CT molecular complexity index is 261. The number of hydrogen-bond acceptors (Lipinski definition) is 5. The highest BCUT2D eigenvalue weighted by molar-refractivity contribution is 7.52. The van der Waals surface area contributed by atoms with Crippen molar-refractivity contribution in [3.8, 4) is 0 Å². The first-order valence-electron chi connectivity index (χ1n) is 3.88. The molecule has 82 valence electrons. The van der Waals surface area contributed by atoms with Gasteiger partial charge in [0.2, 0.25) is 0 Å². The third-order valence-corrected chi connectivity index (χ3v) is 2.37. The van der Waals surface area contributed by atoms with Gasteiger partial charge >= 0.3 is 13.6 Å². The molecule has 0 aliphatic heterocycles. The summed E-state index contributed by atoms with van der Waals surface area (Å²) >= 11 is 0. The largest absolute Gasteiger partial charge is 0.396 e. The SMILES string of the molecule is C=C(C)C(=O)OOP(=O)(O)CCCO. The molecule has 0 bridgehead atoms. The molecule has 0 spiro atoms. The Kier molecular flexibility index (Phi) is 5.64. The van der Waals surface area contributed by atoms with E-state index in [0.717, 1.165) is 0 Å². The molecule has 0 aromatic carbocycles. The minimum atomic E-state index is -3.95. The molecule has 0 radical (unpaired) electrons. The molecule has 6 nitrogen and oxygen atoms in total. The van der Waals surface area contributed by atoms with E-state index in [2.05, 4.69) is 16.1 Å². The zero-order valence-corrected chi connectivity index (χ0v) is 8.70. The van der Waals surface area contributed by atoms with Gasteiger partial charge < -0.3 is 10.00 Å². The van der Waals surface area contributed by atoms with Crippen LogP contribution in [0.4, 0.5) is 0 Å². The van der Waals surface area contributed by atoms with Gasteiger partial charge in [-0.1, -0.05) is 11.3 Å². The van der Waals surface area contributed by atoms with Crippen molar-refractivity contribution >= 4 is 13.6 Å². The molecule has 1 atom stereocenters. The van der Waals surface area contributed by atoms with Crippen LogP contribution in [0, 0.1) is 0 Å². The molecule has 1 unspecified atom stereocenters. The molecule has 7 heteroatoms. The second-order valence-corrected chi connectivity index (χ2v) is 4.54. The van der Waals surface area contributed by atoms with Crippen molar-refractivity contribution in [2.75, 3.05) is 12.8 Å². The molecule has 14 heavy (non-hydrogen) atoms. The molecule has 0 heterocycles. The van der Waals surface area contributed by atoms with Crippen LogP contribution in [0.15, 0.2) is 12.2 Å². The summed E-state index contributed by atoms with van der Waals surface area (Å²) in [5, 5.41) is 8.39. The van der Waals surface area contributed by atoms with Gasteiger partial charge in [-0.05, 0) is 13.3 Å². The van der Waals surface area contributed by atoms with Crippen molar-refractivity contribution in [3.63, 3.8) is 0 Å². The van der Waals surface area contributed by atoms with Gasteiger partial charge in [-0.2, -0.15) is 0 Å². The Labute approximate surface area is 81.6 Å². The lowest BCUT2D eigenvalue weighted by atomic mass is 10.4. The van der Waals surface area contributed by atoms with Crippen molar-refractivity contribution in [1.82, 2.24) is 0 Å². The number of carbonyl (C=O) groups excluding carboxylic acids is 1. The molecule has 0 aromatic rings. The van der Waals surface area contributed by atoms with Crippen molar-refractivity contribution in [1.29, 1.82) is 0 Å². The average molecular weight is 224 g/mol. The standard InChI is InChI=1S/C7H13O6P/c1-6(2)7(9)12-13-14(10,11)5-3-4-8/h8H,1,3-5H2,2H3,(H,10,11). The third kappa shape index (κ3) is 5.88. The summed E-state index contributed by atoms with van der Waals surface area (Å²) in [4.78, 5) is 23.8. The van der Waals surface area contributed by atoms with Crippen LogP contribution < -0.4 is 0 Å². The van der Waals surface area contributed by atoms with Crippen LogP contribution in [0.3, 0.4) is 0 Å². The Morgan fingerprint density at radius 3 is 2.57 bits per heavy atom. The van der Waals surface area contributed by atoms with Crippen LogP contribution in [0.1, 0.15) is 13.3 Å². The molecular weight excluding hydrogens is 211 g/mol. The zero-order chi connectivity index (χ0) is 11.2. The predicted molar refractivity (Wildman–Crippen MR) is 48.4 cm³/mol. The lowest BCUT2D eigenvalue weighted by molar-refractivity contribution is -0.212. The second kappa shape index (κ2) is 5.93. The number of rotatable bonds is 6. The monoisotopic (exact) mass is 224 g/mol. The first kappa shape index (κ1) is 13.3. The lowest BCUT2D eigenvalue weighted by Crippen LogP contribution is -2.06. The Balaban J connectivity index is 3.93. The fourth-order valence-corrected chi connectivity index (χ4v) is 1.27. The topological polar surface area (TPSA) is 93.1 Å². The van der Waals surface area contributed by atoms with Gasteiger partial charge in [-0.25, -0.2) is 4.79 Å². The van der Waals surface area contributed by atoms with Crippen molar-refractivity contribution < 1.29 is 28.9 Å². The van der Waals surface area contributed by atoms with E-state index in [-0.39, 0.29) is 24.8 Å². The zero-order valence-electron chi connectivity index (χ0n) is 7.80. The van der Waals surface area contributed by atoms with Gasteiger partial charge in [-0.15, -0.1) is 0 Å². The predicted octanol–water partition coefficient (Wildman–Crippen LogP) is 0.605. The van der Waals surface area contributed by atoms with Gasteiger partial charge in [-0.3, -0.25) is 9.45 Å². The molecule has 0 rings (SSSR count). The highest BCUT2D eigenvalue weighted by Gasteiger charge is 2.22. The number of aliphatic hydroxyl groups is 1. The second-order valence-electron chi connectivity index (χ2n) is 2.66. The first-order chi connectivity index (χ1) is 6.39. The van der Waals surface area contributed by atoms with Gasteiger partial charge in [0.1, 0.15) is 0 Å². The van der Waals surface area contributed by atoms with E-state index in [1.165, 1.54) is 6.92 Å².